The maximum atomic E-state index is 13.0. The van der Waals surface area contributed by atoms with Gasteiger partial charge < -0.3 is 5.11 Å². The Morgan fingerprint density at radius 3 is 2.47 bits per heavy atom. The van der Waals surface area contributed by atoms with Crippen LogP contribution in [0.5, 0.6) is 0 Å². The molecule has 1 N–H and O–H groups in total. The zero-order valence-electron chi connectivity index (χ0n) is 9.32. The van der Waals surface area contributed by atoms with Crippen molar-refractivity contribution in [2.45, 2.75) is 13.0 Å². The molecule has 2 aromatic rings. The molecule has 1 nitrogen and oxygen atoms in total. The summed E-state index contributed by atoms with van der Waals surface area (Å²) in [7, 11) is 0. The van der Waals surface area contributed by atoms with Gasteiger partial charge in [0, 0.05) is 5.02 Å². The first-order valence-electron chi connectivity index (χ1n) is 5.27. The second-order valence-corrected chi connectivity index (χ2v) is 4.37. The Balaban J connectivity index is 2.36. The zero-order chi connectivity index (χ0) is 12.4. The van der Waals surface area contributed by atoms with Crippen LogP contribution in [0.4, 0.5) is 4.39 Å². The highest BCUT2D eigenvalue weighted by Crippen LogP contribution is 2.26. The van der Waals surface area contributed by atoms with Crippen LogP contribution in [0.3, 0.4) is 0 Å². The van der Waals surface area contributed by atoms with Gasteiger partial charge in [-0.1, -0.05) is 35.9 Å². The third-order valence-electron chi connectivity index (χ3n) is 2.68. The molecule has 0 spiro atoms. The lowest BCUT2D eigenvalue weighted by atomic mass is 10.0. The van der Waals surface area contributed by atoms with E-state index in [1.807, 2.05) is 13.0 Å². The number of aliphatic hydroxyl groups excluding tert-OH is 1. The molecule has 0 aliphatic rings. The largest absolute Gasteiger partial charge is 0.384 e. The first-order valence-corrected chi connectivity index (χ1v) is 5.65. The van der Waals surface area contributed by atoms with Crippen molar-refractivity contribution in [3.8, 4) is 0 Å². The predicted octanol–water partition coefficient (Wildman–Crippen LogP) is 3.87. The van der Waals surface area contributed by atoms with Gasteiger partial charge in [-0.15, -0.1) is 0 Å². The van der Waals surface area contributed by atoms with Crippen molar-refractivity contribution in [1.82, 2.24) is 0 Å². The number of aliphatic hydroxyl groups is 1. The molecule has 0 heterocycles. The number of hydrogen-bond donors (Lipinski definition) is 1. The van der Waals surface area contributed by atoms with E-state index in [1.54, 1.807) is 24.3 Å². The highest BCUT2D eigenvalue weighted by molar-refractivity contribution is 6.31. The van der Waals surface area contributed by atoms with Gasteiger partial charge in [0.15, 0.2) is 0 Å². The summed E-state index contributed by atoms with van der Waals surface area (Å²) in [5.41, 5.74) is 2.12. The molecule has 1 atom stereocenters. The first-order chi connectivity index (χ1) is 8.08. The van der Waals surface area contributed by atoms with Gasteiger partial charge in [-0.2, -0.15) is 0 Å². The third kappa shape index (κ3) is 2.65. The lowest BCUT2D eigenvalue weighted by Gasteiger charge is -2.12. The summed E-state index contributed by atoms with van der Waals surface area (Å²) < 4.78 is 13.0. The normalized spacial score (nSPS) is 12.5. The quantitative estimate of drug-likeness (QED) is 0.858. The molecule has 17 heavy (non-hydrogen) atoms. The maximum absolute atomic E-state index is 13.0. The molecule has 0 fully saturated rings. The minimum Gasteiger partial charge on any atom is -0.384 e. The average Bonchev–Trinajstić information content (AvgIpc) is 2.32. The second kappa shape index (κ2) is 4.86. The molecule has 0 bridgehead atoms. The van der Waals surface area contributed by atoms with E-state index >= 15 is 0 Å². The van der Waals surface area contributed by atoms with Crippen LogP contribution in [0, 0.1) is 12.7 Å². The molecule has 2 aromatic carbocycles. The fourth-order valence-electron chi connectivity index (χ4n) is 1.65. The molecular formula is C14H12ClFO. The van der Waals surface area contributed by atoms with Gasteiger partial charge in [0.05, 0.1) is 0 Å². The van der Waals surface area contributed by atoms with E-state index in [1.165, 1.54) is 12.1 Å². The van der Waals surface area contributed by atoms with E-state index in [2.05, 4.69) is 0 Å². The summed E-state index contributed by atoms with van der Waals surface area (Å²) in [6, 6.07) is 11.2. The van der Waals surface area contributed by atoms with E-state index < -0.39 is 6.10 Å². The molecule has 0 saturated carbocycles. The Hall–Kier alpha value is -1.38. The third-order valence-corrected chi connectivity index (χ3v) is 3.08. The van der Waals surface area contributed by atoms with Crippen LogP contribution in [0.25, 0.3) is 0 Å². The molecular weight excluding hydrogens is 239 g/mol. The summed E-state index contributed by atoms with van der Waals surface area (Å²) in [4.78, 5) is 0. The Kier molecular flexibility index (Phi) is 3.46. The van der Waals surface area contributed by atoms with Gasteiger partial charge in [0.1, 0.15) is 11.9 Å². The molecule has 88 valence electrons. The molecule has 0 aromatic heterocycles. The van der Waals surface area contributed by atoms with Crippen LogP contribution in [0.2, 0.25) is 5.02 Å². The molecule has 1 unspecified atom stereocenters. The predicted molar refractivity (Wildman–Crippen MR) is 66.7 cm³/mol. The SMILES string of the molecule is Cc1ccc(C(O)c2cccc(F)c2)cc1Cl. The van der Waals surface area contributed by atoms with Crippen LogP contribution in [-0.4, -0.2) is 5.11 Å². The van der Waals surface area contributed by atoms with E-state index in [0.717, 1.165) is 5.56 Å². The summed E-state index contributed by atoms with van der Waals surface area (Å²) in [6.45, 7) is 1.89. The van der Waals surface area contributed by atoms with Gasteiger partial charge in [-0.25, -0.2) is 4.39 Å². The van der Waals surface area contributed by atoms with E-state index in [0.29, 0.717) is 16.1 Å². The van der Waals surface area contributed by atoms with E-state index in [-0.39, 0.29) is 5.82 Å². The lowest BCUT2D eigenvalue weighted by molar-refractivity contribution is 0.220. The van der Waals surface area contributed by atoms with Crippen molar-refractivity contribution < 1.29 is 9.50 Å². The topological polar surface area (TPSA) is 20.2 Å². The number of aryl methyl sites for hydroxylation is 1. The van der Waals surface area contributed by atoms with Crippen LogP contribution in [-0.2, 0) is 0 Å². The van der Waals surface area contributed by atoms with Gasteiger partial charge in [0.2, 0.25) is 0 Å². The summed E-state index contributed by atoms with van der Waals surface area (Å²) >= 11 is 5.99. The zero-order valence-corrected chi connectivity index (χ0v) is 10.1. The fourth-order valence-corrected chi connectivity index (χ4v) is 1.84. The number of hydrogen-bond acceptors (Lipinski definition) is 1. The van der Waals surface area contributed by atoms with Crippen molar-refractivity contribution >= 4 is 11.6 Å². The van der Waals surface area contributed by atoms with Gasteiger partial charge in [0.25, 0.3) is 0 Å². The lowest BCUT2D eigenvalue weighted by Crippen LogP contribution is -2.00. The Labute approximate surface area is 104 Å². The van der Waals surface area contributed by atoms with Crippen molar-refractivity contribution in [3.05, 3.63) is 70.0 Å². The molecule has 3 heteroatoms. The number of rotatable bonds is 2. The fraction of sp³-hybridized carbons (Fsp3) is 0.143. The number of halogens is 2. The maximum Gasteiger partial charge on any atom is 0.123 e. The average molecular weight is 251 g/mol. The molecule has 0 aliphatic heterocycles. The van der Waals surface area contributed by atoms with Crippen molar-refractivity contribution in [1.29, 1.82) is 0 Å². The molecule has 0 radical (unpaired) electrons. The molecule has 0 saturated heterocycles. The highest BCUT2D eigenvalue weighted by Gasteiger charge is 2.11. The van der Waals surface area contributed by atoms with Crippen LogP contribution in [0.15, 0.2) is 42.5 Å². The van der Waals surface area contributed by atoms with Crippen molar-refractivity contribution in [2.75, 3.05) is 0 Å². The summed E-state index contributed by atoms with van der Waals surface area (Å²) in [6.07, 6.45) is -0.858. The van der Waals surface area contributed by atoms with Crippen molar-refractivity contribution in [3.63, 3.8) is 0 Å². The van der Waals surface area contributed by atoms with E-state index in [9.17, 15) is 9.50 Å². The summed E-state index contributed by atoms with van der Waals surface area (Å²) in [5.74, 6) is -0.361. The van der Waals surface area contributed by atoms with Crippen LogP contribution >= 0.6 is 11.6 Å². The van der Waals surface area contributed by atoms with Gasteiger partial charge in [-0.05, 0) is 41.8 Å². The smallest absolute Gasteiger partial charge is 0.123 e. The number of benzene rings is 2. The first kappa shape index (κ1) is 12.1. The van der Waals surface area contributed by atoms with Crippen molar-refractivity contribution in [2.24, 2.45) is 0 Å². The molecule has 2 rings (SSSR count). The minimum atomic E-state index is -0.858. The second-order valence-electron chi connectivity index (χ2n) is 3.97. The van der Waals surface area contributed by atoms with Crippen LogP contribution in [0.1, 0.15) is 22.8 Å². The monoisotopic (exact) mass is 250 g/mol. The molecule has 0 aliphatic carbocycles. The summed E-state index contributed by atoms with van der Waals surface area (Å²) in [5, 5.41) is 10.7. The Morgan fingerprint density at radius 1 is 1.12 bits per heavy atom. The van der Waals surface area contributed by atoms with Gasteiger partial charge >= 0.3 is 0 Å². The van der Waals surface area contributed by atoms with Crippen LogP contribution < -0.4 is 0 Å². The minimum absolute atomic E-state index is 0.361. The molecule has 0 amide bonds. The highest BCUT2D eigenvalue weighted by atomic mass is 35.5. The Bertz CT molecular complexity index is 539. The Morgan fingerprint density at radius 2 is 1.82 bits per heavy atom. The van der Waals surface area contributed by atoms with Gasteiger partial charge in [-0.3, -0.25) is 0 Å². The standard InChI is InChI=1S/C14H12ClFO/c1-9-5-6-11(8-13(9)15)14(17)10-3-2-4-12(16)7-10/h2-8,14,17H,1H3. The van der Waals surface area contributed by atoms with E-state index in [4.69, 9.17) is 11.6 Å².